The average molecular weight is 1970 g/mol. The summed E-state index contributed by atoms with van der Waals surface area (Å²) in [6.07, 6.45) is 19.4. The van der Waals surface area contributed by atoms with E-state index in [2.05, 4.69) is 492 Å². The molecule has 0 aliphatic carbocycles. The van der Waals surface area contributed by atoms with E-state index in [1.165, 1.54) is 246 Å². The number of furan rings is 3. The zero-order chi connectivity index (χ0) is 101. The number of allylic oxidation sites excluding steroid dienone is 8. The third-order valence-electron chi connectivity index (χ3n) is 30.2. The SMILES string of the molecule is C/C=c1/c(-c2ccccc2)c2ccccc2c(-c2cccc(-c3ccc4oc5cc6ccc7c8ccccc8sc7c6cc5c4c3)c2)/c1=C/C.C/C=c1/c(-c2ccccc2)c2ccccc2c(-c2cccc(-c3ccc4sc5cc6cc7c(cc6cc5c4c3)oc3ccccc37)c2)/c1=C/C.C=C/C=C\C(=C)c1ccccccc(/C(C)=C/C(=C\C)c2ccc3sc4cc5ccc6oc7ccccc7c6c5cc4c3c2)c2ccccc12. The Balaban J connectivity index is 0.000000113. The molecule has 28 aromatic rings. The molecule has 0 N–H and O–H groups in total. The highest BCUT2D eigenvalue weighted by Crippen LogP contribution is 2.49. The quantitative estimate of drug-likeness (QED) is 0.114. The Labute approximate surface area is 880 Å². The van der Waals surface area contributed by atoms with Gasteiger partial charge < -0.3 is 13.3 Å². The monoisotopic (exact) mass is 1970 g/mol. The van der Waals surface area contributed by atoms with Gasteiger partial charge in [0.15, 0.2) is 0 Å². The maximum atomic E-state index is 6.46. The molecule has 0 atom stereocenters. The molecule has 6 heteroatoms. The van der Waals surface area contributed by atoms with Crippen LogP contribution >= 0.6 is 34.0 Å². The van der Waals surface area contributed by atoms with E-state index in [1.54, 1.807) is 6.08 Å². The summed E-state index contributed by atoms with van der Waals surface area (Å²) in [5.41, 5.74) is 27.2. The van der Waals surface area contributed by atoms with Crippen molar-refractivity contribution >= 4 is 266 Å². The van der Waals surface area contributed by atoms with Gasteiger partial charge in [0.2, 0.25) is 0 Å². The highest BCUT2D eigenvalue weighted by Gasteiger charge is 2.24. The molecule has 6 aromatic heterocycles. The Morgan fingerprint density at radius 1 is 0.247 bits per heavy atom. The van der Waals surface area contributed by atoms with E-state index in [-0.39, 0.29) is 0 Å². The summed E-state index contributed by atoms with van der Waals surface area (Å²) in [7, 11) is 0. The van der Waals surface area contributed by atoms with E-state index >= 15 is 0 Å². The zero-order valence-corrected chi connectivity index (χ0v) is 86.3. The fourth-order valence-corrected chi connectivity index (χ4v) is 26.8. The van der Waals surface area contributed by atoms with Crippen LogP contribution in [0, 0.1) is 0 Å². The van der Waals surface area contributed by atoms with Crippen LogP contribution in [-0.4, -0.2) is 0 Å². The predicted molar refractivity (Wildman–Crippen MR) is 656 cm³/mol. The Morgan fingerprint density at radius 3 is 1.26 bits per heavy atom. The molecule has 0 spiro atoms. The molecule has 0 saturated carbocycles. The summed E-state index contributed by atoms with van der Waals surface area (Å²) in [4.78, 5) is 0. The van der Waals surface area contributed by atoms with Crippen molar-refractivity contribution in [3.8, 4) is 66.8 Å². The lowest BCUT2D eigenvalue weighted by molar-refractivity contribution is 0.669. The van der Waals surface area contributed by atoms with Crippen LogP contribution < -0.4 is 20.9 Å². The minimum atomic E-state index is 0.913. The van der Waals surface area contributed by atoms with E-state index in [4.69, 9.17) is 13.3 Å². The third kappa shape index (κ3) is 16.0. The minimum Gasteiger partial charge on any atom is -0.456 e. The van der Waals surface area contributed by atoms with E-state index in [0.717, 1.165) is 66.2 Å². The van der Waals surface area contributed by atoms with E-state index < -0.39 is 0 Å². The van der Waals surface area contributed by atoms with Crippen molar-refractivity contribution in [2.75, 3.05) is 0 Å². The number of benzene rings is 21. The van der Waals surface area contributed by atoms with Crippen LogP contribution in [0.5, 0.6) is 0 Å². The molecule has 0 aliphatic heterocycles. The topological polar surface area (TPSA) is 39.4 Å². The number of fused-ring (bicyclic) bond motifs is 26. The van der Waals surface area contributed by atoms with Gasteiger partial charge in [0.25, 0.3) is 0 Å². The Kier molecular flexibility index (Phi) is 23.6. The number of rotatable bonds is 12. The fourth-order valence-electron chi connectivity index (χ4n) is 23.3. The van der Waals surface area contributed by atoms with Crippen molar-refractivity contribution in [3.05, 3.63) is 500 Å². The van der Waals surface area contributed by atoms with Crippen molar-refractivity contribution in [3.63, 3.8) is 0 Å². The van der Waals surface area contributed by atoms with Gasteiger partial charge in [-0.05, 0) is 343 Å². The molecule has 6 heterocycles. The minimum absolute atomic E-state index is 0.913. The van der Waals surface area contributed by atoms with Gasteiger partial charge in [-0.15, -0.1) is 34.0 Å². The summed E-state index contributed by atoms with van der Waals surface area (Å²) >= 11 is 5.60. The summed E-state index contributed by atoms with van der Waals surface area (Å²) < 4.78 is 26.8. The second-order valence-electron chi connectivity index (χ2n) is 38.8. The third-order valence-corrected chi connectivity index (χ3v) is 33.7. The Bertz CT molecular complexity index is 11000. The number of hydrogen-bond acceptors (Lipinski definition) is 6. The molecule has 3 nitrogen and oxygen atoms in total. The normalized spacial score (nSPS) is 12.7. The number of hydrogen-bond donors (Lipinski definition) is 0. The van der Waals surface area contributed by atoms with E-state index in [1.807, 2.05) is 64.4 Å². The van der Waals surface area contributed by atoms with Crippen LogP contribution in [0.4, 0.5) is 0 Å². The first-order valence-corrected chi connectivity index (χ1v) is 53.9. The molecule has 28 rings (SSSR count). The molecule has 0 amide bonds. The van der Waals surface area contributed by atoms with Gasteiger partial charge in [0.05, 0.1) is 0 Å². The lowest BCUT2D eigenvalue weighted by Gasteiger charge is -2.16. The van der Waals surface area contributed by atoms with Crippen LogP contribution in [0.15, 0.2) is 475 Å². The van der Waals surface area contributed by atoms with Crippen molar-refractivity contribution in [2.24, 2.45) is 0 Å². The first-order chi connectivity index (χ1) is 73.9. The van der Waals surface area contributed by atoms with Crippen molar-refractivity contribution < 1.29 is 13.3 Å². The largest absolute Gasteiger partial charge is 0.456 e. The molecule has 150 heavy (non-hydrogen) atoms. The molecular weight excluding hydrogens is 1870 g/mol. The maximum Gasteiger partial charge on any atom is 0.136 e. The first-order valence-electron chi connectivity index (χ1n) is 51.4. The lowest BCUT2D eigenvalue weighted by atomic mass is 9.87. The van der Waals surface area contributed by atoms with Crippen molar-refractivity contribution in [2.45, 2.75) is 41.5 Å². The maximum absolute atomic E-state index is 6.46. The molecular formula is C144H100O3S3. The molecule has 0 bridgehead atoms. The van der Waals surface area contributed by atoms with Gasteiger partial charge in [0, 0.05) is 98.2 Å². The summed E-state index contributed by atoms with van der Waals surface area (Å²) in [5, 5.41) is 34.6. The van der Waals surface area contributed by atoms with E-state index in [9.17, 15) is 0 Å². The highest BCUT2D eigenvalue weighted by atomic mass is 32.1. The second kappa shape index (κ2) is 38.5. The molecule has 0 radical (unpaired) electrons. The lowest BCUT2D eigenvalue weighted by Crippen LogP contribution is -2.29. The van der Waals surface area contributed by atoms with Gasteiger partial charge in [0.1, 0.15) is 33.5 Å². The highest BCUT2D eigenvalue weighted by molar-refractivity contribution is 7.27. The van der Waals surface area contributed by atoms with E-state index in [0.29, 0.717) is 0 Å². The Hall–Kier alpha value is -17.9. The number of para-hydroxylation sites is 2. The molecule has 0 aliphatic rings. The Morgan fingerprint density at radius 2 is 0.647 bits per heavy atom. The van der Waals surface area contributed by atoms with Crippen LogP contribution in [0.1, 0.15) is 58.2 Å². The molecule has 0 unspecified atom stereocenters. The first kappa shape index (κ1) is 92.0. The van der Waals surface area contributed by atoms with Crippen LogP contribution in [0.25, 0.3) is 299 Å². The standard InChI is InChI=1S/2C48H32OS.C48H36OS/c1-3-34-35(4-2)47(38-19-9-8-18-37(38)46(34)29-13-6-5-7-14-29)33-16-12-15-30(25-33)31-22-24-43-41(26-31)42-28-40-32(27-44(42)49-43)21-23-39-36-17-10-11-20-45(36)50-48(39)40;1-3-35-36(4-2)48(39-19-9-8-18-38(39)47(35)29-13-6-5-7-14-29)32-16-12-15-30(23-32)31-21-22-45-41(24-31)42-26-33-27-44-40(25-34(33)28-46(42)50-45)37-17-10-11-20-43(37)49-44;1-5-7-16-31(3)36-17-10-8-9-11-18-37(39-20-13-12-19-38(36)39)32(4)27-33(6-2)34-24-26-46-42(28-34)43-30-41-35(29-47(43)50-46)23-25-45-48(41)40-21-14-15-22-44(40)49-45/h2*3-28H,1-2H3;5-30H,1,3H2,2,4H3/b34-3+,35-4+;35-3+,36-4+;9-8?,10-8?,11-9?,16-7-,17-10?,18-11?,32-27+,33-6+,36-17?,37-18?,38-36?,39-37?. The van der Waals surface area contributed by atoms with Gasteiger partial charge in [-0.3, -0.25) is 0 Å². The van der Waals surface area contributed by atoms with Crippen molar-refractivity contribution in [1.82, 2.24) is 0 Å². The van der Waals surface area contributed by atoms with Gasteiger partial charge in [-0.2, -0.15) is 0 Å². The predicted octanol–water partition coefficient (Wildman–Crippen LogP) is 40.4. The zero-order valence-electron chi connectivity index (χ0n) is 83.9. The smallest absolute Gasteiger partial charge is 0.136 e. The van der Waals surface area contributed by atoms with Crippen LogP contribution in [0.2, 0.25) is 0 Å². The summed E-state index contributed by atoms with van der Waals surface area (Å²) in [5.74, 6) is 0. The van der Waals surface area contributed by atoms with Crippen LogP contribution in [-0.2, 0) is 0 Å². The summed E-state index contributed by atoms with van der Waals surface area (Å²) in [6.45, 7) is 21.2. The molecule has 0 saturated heterocycles. The van der Waals surface area contributed by atoms with Gasteiger partial charge in [-0.1, -0.05) is 365 Å². The second-order valence-corrected chi connectivity index (χ2v) is 42.0. The van der Waals surface area contributed by atoms with Crippen LogP contribution in [0.3, 0.4) is 0 Å². The molecule has 712 valence electrons. The van der Waals surface area contributed by atoms with Gasteiger partial charge in [-0.25, -0.2) is 0 Å². The fraction of sp³-hybridized carbons (Fsp3) is 0.0417. The van der Waals surface area contributed by atoms with Gasteiger partial charge >= 0.3 is 0 Å². The average Bonchev–Trinajstić information content (AvgIpc) is 1.41. The molecule has 22 aromatic carbocycles. The van der Waals surface area contributed by atoms with Crippen molar-refractivity contribution in [1.29, 1.82) is 0 Å². The molecule has 0 fully saturated rings. The number of thiophene rings is 3. The summed E-state index contributed by atoms with van der Waals surface area (Å²) in [6, 6.07) is 152.